The molecule has 1 rings (SSSR count). The Kier molecular flexibility index (Phi) is 3.86. The molecule has 0 aliphatic rings. The highest BCUT2D eigenvalue weighted by molar-refractivity contribution is 5.70. The first-order chi connectivity index (χ1) is 8.06. The molecule has 0 atom stereocenters. The van der Waals surface area contributed by atoms with E-state index in [-0.39, 0.29) is 23.5 Å². The lowest BCUT2D eigenvalue weighted by Gasteiger charge is -2.11. The Hall–Kier alpha value is -2.31. The number of nitro benzene ring substituents is 1. The Morgan fingerprint density at radius 1 is 1.47 bits per heavy atom. The van der Waals surface area contributed by atoms with Crippen LogP contribution < -0.4 is 9.47 Å². The first-order valence-electron chi connectivity index (χ1n) is 4.61. The van der Waals surface area contributed by atoms with Crippen molar-refractivity contribution in [3.63, 3.8) is 0 Å². The summed E-state index contributed by atoms with van der Waals surface area (Å²) in [5.41, 5.74) is -0.311. The van der Waals surface area contributed by atoms with E-state index in [1.54, 1.807) is 0 Å². The van der Waals surface area contributed by atoms with Crippen LogP contribution in [0.1, 0.15) is 5.56 Å². The van der Waals surface area contributed by atoms with Crippen LogP contribution in [0.3, 0.4) is 0 Å². The molecule has 0 radical (unpaired) electrons. The summed E-state index contributed by atoms with van der Waals surface area (Å²) in [7, 11) is 2.48. The highest BCUT2D eigenvalue weighted by Crippen LogP contribution is 2.45. The lowest BCUT2D eigenvalue weighted by Crippen LogP contribution is -2.01. The number of hydrogen-bond donors (Lipinski definition) is 1. The third-order valence-corrected chi connectivity index (χ3v) is 2.18. The Morgan fingerprint density at radius 2 is 2.12 bits per heavy atom. The minimum absolute atomic E-state index is 0.0179. The summed E-state index contributed by atoms with van der Waals surface area (Å²) in [4.78, 5) is 20.6. The highest BCUT2D eigenvalue weighted by atomic mass is 16.6. The molecule has 0 spiro atoms. The van der Waals surface area contributed by atoms with Crippen LogP contribution in [0.2, 0.25) is 0 Å². The maximum Gasteiger partial charge on any atom is 0.318 e. The Morgan fingerprint density at radius 3 is 2.53 bits per heavy atom. The number of rotatable bonds is 5. The quantitative estimate of drug-likeness (QED) is 0.470. The zero-order valence-electron chi connectivity index (χ0n) is 9.30. The smallest absolute Gasteiger partial charge is 0.318 e. The topological polar surface area (TPSA) is 98.9 Å². The van der Waals surface area contributed by atoms with Gasteiger partial charge in [-0.25, -0.2) is 0 Å². The minimum atomic E-state index is -0.711. The first kappa shape index (κ1) is 12.8. The van der Waals surface area contributed by atoms with Crippen LogP contribution in [0.4, 0.5) is 5.69 Å². The van der Waals surface area contributed by atoms with Crippen molar-refractivity contribution < 1.29 is 24.3 Å². The average molecular weight is 241 g/mol. The number of ether oxygens (including phenoxy) is 2. The molecule has 1 aromatic carbocycles. The summed E-state index contributed by atoms with van der Waals surface area (Å²) >= 11 is 0. The summed E-state index contributed by atoms with van der Waals surface area (Å²) in [6, 6.07) is 1.24. The van der Waals surface area contributed by atoms with E-state index in [9.17, 15) is 20.0 Å². The van der Waals surface area contributed by atoms with Gasteiger partial charge in [0, 0.05) is 12.0 Å². The number of carbonyl (C=O) groups excluding carboxylic acids is 1. The van der Waals surface area contributed by atoms with Crippen molar-refractivity contribution in [3.05, 3.63) is 21.7 Å². The summed E-state index contributed by atoms with van der Waals surface area (Å²) in [5, 5.41) is 20.6. The molecule has 0 aliphatic heterocycles. The first-order valence-corrected chi connectivity index (χ1v) is 4.61. The normalized spacial score (nSPS) is 9.76. The van der Waals surface area contributed by atoms with Gasteiger partial charge in [0.25, 0.3) is 0 Å². The third-order valence-electron chi connectivity index (χ3n) is 2.18. The predicted molar refractivity (Wildman–Crippen MR) is 57.6 cm³/mol. The second kappa shape index (κ2) is 5.15. The maximum atomic E-state index is 10.9. The number of phenolic OH excluding ortho intramolecular Hbond substituents is 1. The van der Waals surface area contributed by atoms with E-state index >= 15 is 0 Å². The number of aldehydes is 1. The van der Waals surface area contributed by atoms with Crippen LogP contribution in [-0.2, 0) is 11.2 Å². The molecule has 0 aliphatic carbocycles. The van der Waals surface area contributed by atoms with Gasteiger partial charge in [0.1, 0.15) is 6.29 Å². The van der Waals surface area contributed by atoms with Crippen LogP contribution in [0.25, 0.3) is 0 Å². The fourth-order valence-corrected chi connectivity index (χ4v) is 1.46. The van der Waals surface area contributed by atoms with Crippen LogP contribution in [0, 0.1) is 10.1 Å². The molecule has 0 saturated carbocycles. The van der Waals surface area contributed by atoms with E-state index in [1.165, 1.54) is 20.3 Å². The summed E-state index contributed by atoms with van der Waals surface area (Å²) in [5.74, 6) is -0.758. The van der Waals surface area contributed by atoms with Crippen LogP contribution >= 0.6 is 0 Å². The zero-order chi connectivity index (χ0) is 13.0. The van der Waals surface area contributed by atoms with Crippen molar-refractivity contribution in [1.29, 1.82) is 0 Å². The van der Waals surface area contributed by atoms with Gasteiger partial charge < -0.3 is 19.4 Å². The fraction of sp³-hybridized carbons (Fsp3) is 0.300. The van der Waals surface area contributed by atoms with Crippen molar-refractivity contribution in [2.45, 2.75) is 6.42 Å². The highest BCUT2D eigenvalue weighted by Gasteiger charge is 2.27. The molecule has 7 heteroatoms. The number of phenols is 1. The molecular weight excluding hydrogens is 230 g/mol. The van der Waals surface area contributed by atoms with E-state index in [0.717, 1.165) is 0 Å². The van der Waals surface area contributed by atoms with Crippen molar-refractivity contribution in [2.24, 2.45) is 0 Å². The second-order valence-electron chi connectivity index (χ2n) is 3.10. The third kappa shape index (κ3) is 2.27. The monoisotopic (exact) mass is 241 g/mol. The Balaban J connectivity index is 3.57. The minimum Gasteiger partial charge on any atom is -0.502 e. The van der Waals surface area contributed by atoms with Gasteiger partial charge in [0.2, 0.25) is 11.5 Å². The van der Waals surface area contributed by atoms with E-state index in [1.807, 2.05) is 0 Å². The van der Waals surface area contributed by atoms with Crippen molar-refractivity contribution in [1.82, 2.24) is 0 Å². The van der Waals surface area contributed by atoms with Gasteiger partial charge in [-0.15, -0.1) is 0 Å². The van der Waals surface area contributed by atoms with Gasteiger partial charge in [0.05, 0.1) is 19.1 Å². The largest absolute Gasteiger partial charge is 0.502 e. The predicted octanol–water partition coefficient (Wildman–Crippen LogP) is 1.06. The molecular formula is C10H11NO6. The van der Waals surface area contributed by atoms with Crippen molar-refractivity contribution >= 4 is 12.0 Å². The van der Waals surface area contributed by atoms with Crippen molar-refractivity contribution in [2.75, 3.05) is 14.2 Å². The Labute approximate surface area is 96.7 Å². The Bertz CT molecular complexity index is 457. The lowest BCUT2D eigenvalue weighted by atomic mass is 10.1. The molecule has 0 heterocycles. The lowest BCUT2D eigenvalue weighted by molar-refractivity contribution is -0.386. The molecule has 0 aromatic heterocycles. The molecule has 17 heavy (non-hydrogen) atoms. The van der Waals surface area contributed by atoms with Gasteiger partial charge in [-0.3, -0.25) is 10.1 Å². The van der Waals surface area contributed by atoms with Gasteiger partial charge in [0.15, 0.2) is 5.75 Å². The van der Waals surface area contributed by atoms with E-state index in [0.29, 0.717) is 6.29 Å². The number of hydrogen-bond acceptors (Lipinski definition) is 6. The van der Waals surface area contributed by atoms with Crippen LogP contribution in [0.15, 0.2) is 6.07 Å². The number of nitro groups is 1. The molecule has 1 aromatic rings. The molecule has 0 saturated heterocycles. The van der Waals surface area contributed by atoms with Gasteiger partial charge in [-0.1, -0.05) is 0 Å². The van der Waals surface area contributed by atoms with Crippen LogP contribution in [0.5, 0.6) is 17.2 Å². The van der Waals surface area contributed by atoms with Crippen LogP contribution in [-0.4, -0.2) is 30.5 Å². The van der Waals surface area contributed by atoms with Gasteiger partial charge >= 0.3 is 5.69 Å². The van der Waals surface area contributed by atoms with Crippen molar-refractivity contribution in [3.8, 4) is 17.2 Å². The molecule has 92 valence electrons. The molecule has 0 amide bonds. The number of methoxy groups -OCH3 is 2. The average Bonchev–Trinajstić information content (AvgIpc) is 2.30. The zero-order valence-corrected chi connectivity index (χ0v) is 9.30. The van der Waals surface area contributed by atoms with E-state index < -0.39 is 16.4 Å². The van der Waals surface area contributed by atoms with Gasteiger partial charge in [-0.05, 0) is 6.07 Å². The number of benzene rings is 1. The SMILES string of the molecule is COc1cc(CC=O)c([N+](=O)[O-])c(OC)c1O. The number of carbonyl (C=O) groups is 1. The van der Waals surface area contributed by atoms with E-state index in [4.69, 9.17) is 9.47 Å². The number of nitrogens with zero attached hydrogens (tertiary/aromatic N) is 1. The number of aromatic hydroxyl groups is 1. The molecule has 1 N–H and O–H groups in total. The molecule has 0 fully saturated rings. The maximum absolute atomic E-state index is 10.9. The summed E-state index contributed by atoms with van der Waals surface area (Å²) in [6.07, 6.45) is 0.363. The van der Waals surface area contributed by atoms with Gasteiger partial charge in [-0.2, -0.15) is 0 Å². The molecule has 0 bridgehead atoms. The summed E-state index contributed by atoms with van der Waals surface area (Å²) in [6.45, 7) is 0. The standard InChI is InChI=1S/C10H11NO6/c1-16-7-5-6(3-4-12)8(11(14)15)10(17-2)9(7)13/h4-5,13H,3H2,1-2H3. The fourth-order valence-electron chi connectivity index (χ4n) is 1.46. The molecule has 0 unspecified atom stereocenters. The second-order valence-corrected chi connectivity index (χ2v) is 3.10. The van der Waals surface area contributed by atoms with E-state index in [2.05, 4.69) is 0 Å². The summed E-state index contributed by atoms with van der Waals surface area (Å²) < 4.78 is 9.62. The molecule has 7 nitrogen and oxygen atoms in total.